The molecule has 16 heavy (non-hydrogen) atoms. The molecular formula is C13H19NO2. The van der Waals surface area contributed by atoms with Crippen LogP contribution in [-0.2, 0) is 0 Å². The molecule has 1 aromatic carbocycles. The van der Waals surface area contributed by atoms with E-state index in [-0.39, 0.29) is 0 Å². The topological polar surface area (TPSA) is 22.9 Å². The summed E-state index contributed by atoms with van der Waals surface area (Å²) in [6.07, 6.45) is 2.62. The third-order valence-corrected chi connectivity index (χ3v) is 2.93. The lowest BCUT2D eigenvalue weighted by atomic mass is 10.1. The van der Waals surface area contributed by atoms with Crippen LogP contribution in [-0.4, -0.2) is 26.3 Å². The minimum atomic E-state index is 0.301. The Morgan fingerprint density at radius 1 is 1.25 bits per heavy atom. The van der Waals surface area contributed by atoms with Crippen molar-refractivity contribution in [1.82, 2.24) is 0 Å². The Morgan fingerprint density at radius 2 is 1.94 bits per heavy atom. The molecule has 2 atom stereocenters. The highest BCUT2D eigenvalue weighted by molar-refractivity contribution is 5.31. The maximum Gasteiger partial charge on any atom is 0.145 e. The minimum Gasteiger partial charge on any atom is -0.497 e. The summed E-state index contributed by atoms with van der Waals surface area (Å²) in [5, 5.41) is 0. The molecular weight excluding hydrogens is 202 g/mol. The molecule has 1 N–H and O–H groups in total. The van der Waals surface area contributed by atoms with Gasteiger partial charge in [-0.15, -0.1) is 0 Å². The van der Waals surface area contributed by atoms with E-state index in [1.807, 2.05) is 24.3 Å². The van der Waals surface area contributed by atoms with Gasteiger partial charge in [-0.05, 0) is 37.1 Å². The third kappa shape index (κ3) is 2.89. The molecule has 0 saturated carbocycles. The fraction of sp³-hybridized carbons (Fsp3) is 0.462. The maximum absolute atomic E-state index is 5.91. The van der Waals surface area contributed by atoms with Crippen molar-refractivity contribution >= 4 is 0 Å². The predicted octanol–water partition coefficient (Wildman–Crippen LogP) is 0.913. The summed E-state index contributed by atoms with van der Waals surface area (Å²) in [6, 6.07) is 7.76. The standard InChI is InChI=1S/C13H19NO2/c1-14-9-3-4-13(10-14)16-12-7-5-11(15-2)6-8-12/h5-8,13-14H,1,3-4,9-10H2,2H3. The number of nitrogens with one attached hydrogen (secondary N) is 1. The molecule has 0 amide bonds. The fourth-order valence-electron chi connectivity index (χ4n) is 2.05. The molecule has 1 fully saturated rings. The highest BCUT2D eigenvalue weighted by atomic mass is 16.5. The average molecular weight is 221 g/mol. The van der Waals surface area contributed by atoms with Crippen molar-refractivity contribution in [3.63, 3.8) is 0 Å². The molecule has 0 aliphatic carbocycles. The van der Waals surface area contributed by atoms with Gasteiger partial charge in [0, 0.05) is 0 Å². The highest BCUT2D eigenvalue weighted by Crippen LogP contribution is 2.19. The first-order chi connectivity index (χ1) is 7.78. The van der Waals surface area contributed by atoms with Gasteiger partial charge in [-0.3, -0.25) is 0 Å². The fourth-order valence-corrected chi connectivity index (χ4v) is 2.05. The number of quaternary nitrogens is 1. The van der Waals surface area contributed by atoms with Crippen molar-refractivity contribution < 1.29 is 14.4 Å². The van der Waals surface area contributed by atoms with Crippen LogP contribution in [0.5, 0.6) is 11.5 Å². The summed E-state index contributed by atoms with van der Waals surface area (Å²) in [6.45, 7) is 2.15. The molecule has 2 unspecified atom stereocenters. The highest BCUT2D eigenvalue weighted by Gasteiger charge is 2.18. The first kappa shape index (κ1) is 11.3. The van der Waals surface area contributed by atoms with Crippen molar-refractivity contribution in [3.05, 3.63) is 31.3 Å². The maximum atomic E-state index is 5.91. The largest absolute Gasteiger partial charge is 0.497 e. The average Bonchev–Trinajstić information content (AvgIpc) is 2.30. The van der Waals surface area contributed by atoms with Crippen molar-refractivity contribution in [3.8, 4) is 11.5 Å². The Hall–Kier alpha value is -1.22. The molecule has 0 radical (unpaired) electrons. The molecule has 1 saturated heterocycles. The zero-order chi connectivity index (χ0) is 11.4. The van der Waals surface area contributed by atoms with Crippen LogP contribution in [0.1, 0.15) is 12.8 Å². The zero-order valence-electron chi connectivity index (χ0n) is 9.74. The summed E-state index contributed by atoms with van der Waals surface area (Å²) in [4.78, 5) is 1.31. The smallest absolute Gasteiger partial charge is 0.145 e. The van der Waals surface area contributed by atoms with Gasteiger partial charge in [-0.25, -0.2) is 0 Å². The van der Waals surface area contributed by atoms with Crippen LogP contribution in [0.2, 0.25) is 0 Å². The van der Waals surface area contributed by atoms with E-state index in [0.717, 1.165) is 31.0 Å². The Morgan fingerprint density at radius 3 is 2.56 bits per heavy atom. The molecule has 3 nitrogen and oxygen atoms in total. The summed E-state index contributed by atoms with van der Waals surface area (Å²) in [7, 11) is 5.70. The van der Waals surface area contributed by atoms with E-state index in [0.29, 0.717) is 6.10 Å². The van der Waals surface area contributed by atoms with Crippen LogP contribution in [0.4, 0.5) is 0 Å². The van der Waals surface area contributed by atoms with Gasteiger partial charge in [0.05, 0.1) is 20.2 Å². The van der Waals surface area contributed by atoms with E-state index >= 15 is 0 Å². The first-order valence-corrected chi connectivity index (χ1v) is 5.75. The van der Waals surface area contributed by atoms with Gasteiger partial charge in [-0.1, -0.05) is 0 Å². The second-order valence-corrected chi connectivity index (χ2v) is 4.26. The number of hydrogen-bond acceptors (Lipinski definition) is 2. The van der Waals surface area contributed by atoms with Gasteiger partial charge in [0.1, 0.15) is 17.6 Å². The minimum absolute atomic E-state index is 0.301. The number of hydrogen-bond donors (Lipinski definition) is 1. The third-order valence-electron chi connectivity index (χ3n) is 2.93. The molecule has 0 bridgehead atoms. The number of piperidine rings is 1. The zero-order valence-corrected chi connectivity index (χ0v) is 9.74. The number of rotatable bonds is 3. The van der Waals surface area contributed by atoms with Gasteiger partial charge >= 0.3 is 0 Å². The van der Waals surface area contributed by atoms with Gasteiger partial charge in [0.2, 0.25) is 0 Å². The van der Waals surface area contributed by atoms with E-state index in [9.17, 15) is 0 Å². The monoisotopic (exact) mass is 221 g/mol. The van der Waals surface area contributed by atoms with E-state index in [2.05, 4.69) is 7.05 Å². The number of methoxy groups -OCH3 is 1. The van der Waals surface area contributed by atoms with Crippen molar-refractivity contribution in [1.29, 1.82) is 0 Å². The molecule has 88 valence electrons. The normalized spacial score (nSPS) is 25.1. The number of benzene rings is 1. The van der Waals surface area contributed by atoms with Crippen molar-refractivity contribution in [2.24, 2.45) is 0 Å². The Bertz CT molecular complexity index is 323. The molecule has 1 aliphatic rings. The Balaban J connectivity index is 1.92. The second kappa shape index (κ2) is 5.21. The lowest BCUT2D eigenvalue weighted by molar-refractivity contribution is -0.862. The van der Waals surface area contributed by atoms with Crippen LogP contribution in [0.15, 0.2) is 24.3 Å². The van der Waals surface area contributed by atoms with E-state index < -0.39 is 0 Å². The summed E-state index contributed by atoms with van der Waals surface area (Å²) in [5.74, 6) is 1.78. The molecule has 1 aromatic rings. The van der Waals surface area contributed by atoms with Crippen LogP contribution >= 0.6 is 0 Å². The molecule has 3 heteroatoms. The van der Waals surface area contributed by atoms with E-state index in [1.54, 1.807) is 7.11 Å². The van der Waals surface area contributed by atoms with Crippen LogP contribution in [0.3, 0.4) is 0 Å². The predicted molar refractivity (Wildman–Crippen MR) is 62.7 cm³/mol. The first-order valence-electron chi connectivity index (χ1n) is 5.75. The summed E-state index contributed by atoms with van der Waals surface area (Å²) >= 11 is 0. The lowest BCUT2D eigenvalue weighted by Crippen LogP contribution is -3.09. The van der Waals surface area contributed by atoms with E-state index in [4.69, 9.17) is 9.47 Å². The van der Waals surface area contributed by atoms with Gasteiger partial charge in [0.25, 0.3) is 0 Å². The van der Waals surface area contributed by atoms with Gasteiger partial charge in [0.15, 0.2) is 0 Å². The Kier molecular flexibility index (Phi) is 3.67. The Labute approximate surface area is 97.0 Å². The summed E-state index contributed by atoms with van der Waals surface area (Å²) < 4.78 is 11.0. The van der Waals surface area contributed by atoms with Crippen LogP contribution < -0.4 is 14.4 Å². The summed E-state index contributed by atoms with van der Waals surface area (Å²) in [5.41, 5.74) is 0. The quantitative estimate of drug-likeness (QED) is 0.767. The van der Waals surface area contributed by atoms with Gasteiger partial charge in [-0.2, -0.15) is 7.05 Å². The van der Waals surface area contributed by atoms with Crippen LogP contribution in [0, 0.1) is 7.05 Å². The molecule has 0 aromatic heterocycles. The second-order valence-electron chi connectivity index (χ2n) is 4.26. The SMILES string of the molecule is [CH2-][NH+]1CCCC(Oc2ccc(OC)cc2)C1. The van der Waals surface area contributed by atoms with Crippen molar-refractivity contribution in [2.45, 2.75) is 18.9 Å². The molecule has 1 heterocycles. The number of ether oxygens (including phenoxy) is 2. The van der Waals surface area contributed by atoms with Gasteiger partial charge < -0.3 is 14.4 Å². The lowest BCUT2D eigenvalue weighted by Gasteiger charge is -2.31. The number of likely N-dealkylation sites (tertiary alicyclic amines) is 1. The molecule has 2 rings (SSSR count). The van der Waals surface area contributed by atoms with E-state index in [1.165, 1.54) is 11.3 Å². The van der Waals surface area contributed by atoms with Crippen LogP contribution in [0.25, 0.3) is 0 Å². The molecule has 1 aliphatic heterocycles. The van der Waals surface area contributed by atoms with Crippen molar-refractivity contribution in [2.75, 3.05) is 20.2 Å². The molecule has 0 spiro atoms.